The summed E-state index contributed by atoms with van der Waals surface area (Å²) < 4.78 is 18.7. The summed E-state index contributed by atoms with van der Waals surface area (Å²) in [4.78, 5) is 26.0. The zero-order chi connectivity index (χ0) is 18.4. The lowest BCUT2D eigenvalue weighted by atomic mass is 10.2. The summed E-state index contributed by atoms with van der Waals surface area (Å²) in [6, 6.07) is 13.2. The molecule has 4 nitrogen and oxygen atoms in total. The van der Waals surface area contributed by atoms with Crippen LogP contribution in [0.2, 0.25) is 0 Å². The van der Waals surface area contributed by atoms with Gasteiger partial charge in [0.1, 0.15) is 5.82 Å². The van der Waals surface area contributed by atoms with Gasteiger partial charge in [0.25, 0.3) is 5.91 Å². The highest BCUT2D eigenvalue weighted by Gasteiger charge is 2.17. The molecule has 0 saturated heterocycles. The molecule has 0 aliphatic rings. The Hall–Kier alpha value is -2.77. The maximum Gasteiger partial charge on any atom is 0.340 e. The van der Waals surface area contributed by atoms with Gasteiger partial charge in [-0.05, 0) is 41.1 Å². The first-order valence-corrected chi connectivity index (χ1v) is 9.40. The van der Waals surface area contributed by atoms with Crippen LogP contribution in [0, 0.1) is 5.82 Å². The maximum absolute atomic E-state index is 13.5. The molecule has 1 N–H and O–H groups in total. The average Bonchev–Trinajstić information content (AvgIpc) is 3.33. The monoisotopic (exact) mass is 387 g/mol. The van der Waals surface area contributed by atoms with E-state index in [2.05, 4.69) is 5.32 Å². The third-order valence-electron chi connectivity index (χ3n) is 3.32. The van der Waals surface area contributed by atoms with Gasteiger partial charge in [-0.25, -0.2) is 9.18 Å². The van der Waals surface area contributed by atoms with Crippen molar-refractivity contribution in [2.75, 3.05) is 11.9 Å². The molecular weight excluding hydrogens is 373 g/mol. The van der Waals surface area contributed by atoms with E-state index in [1.807, 2.05) is 35.0 Å². The Morgan fingerprint density at radius 2 is 1.81 bits per heavy atom. The summed E-state index contributed by atoms with van der Waals surface area (Å²) in [6.45, 7) is -0.500. The highest BCUT2D eigenvalue weighted by atomic mass is 32.1. The molecule has 2 aromatic heterocycles. The number of rotatable bonds is 6. The molecule has 0 saturated carbocycles. The second kappa shape index (κ2) is 8.55. The zero-order valence-electron chi connectivity index (χ0n) is 13.5. The van der Waals surface area contributed by atoms with Crippen LogP contribution in [0.1, 0.15) is 9.75 Å². The quantitative estimate of drug-likeness (QED) is 0.494. The Kier molecular flexibility index (Phi) is 5.93. The van der Waals surface area contributed by atoms with Crippen LogP contribution >= 0.6 is 22.7 Å². The molecule has 0 bridgehead atoms. The van der Waals surface area contributed by atoms with E-state index < -0.39 is 24.3 Å². The number of amides is 1. The number of halogens is 1. The number of para-hydroxylation sites is 1. The molecule has 0 unspecified atom stereocenters. The van der Waals surface area contributed by atoms with Crippen molar-refractivity contribution < 1.29 is 18.7 Å². The van der Waals surface area contributed by atoms with E-state index >= 15 is 0 Å². The Morgan fingerprint density at radius 3 is 2.50 bits per heavy atom. The summed E-state index contributed by atoms with van der Waals surface area (Å²) in [5, 5.41) is 6.14. The molecule has 1 amide bonds. The van der Waals surface area contributed by atoms with Gasteiger partial charge in [0.15, 0.2) is 6.61 Å². The van der Waals surface area contributed by atoms with Crippen molar-refractivity contribution in [3.8, 4) is 0 Å². The topological polar surface area (TPSA) is 55.4 Å². The molecule has 0 fully saturated rings. The number of hydrogen-bond donors (Lipinski definition) is 1. The molecule has 0 atom stereocenters. The average molecular weight is 387 g/mol. The Balaban J connectivity index is 1.67. The van der Waals surface area contributed by atoms with Crippen LogP contribution < -0.4 is 5.32 Å². The molecule has 132 valence electrons. The van der Waals surface area contributed by atoms with Crippen LogP contribution in [0.4, 0.5) is 10.1 Å². The lowest BCUT2D eigenvalue weighted by Gasteiger charge is -2.08. The number of carbonyl (C=O) groups is 2. The van der Waals surface area contributed by atoms with Crippen molar-refractivity contribution in [2.24, 2.45) is 0 Å². The SMILES string of the molecule is O=C(COC(=O)C(=Cc1cccs1)c1cccs1)Nc1ccccc1F. The van der Waals surface area contributed by atoms with Crippen molar-refractivity contribution in [3.63, 3.8) is 0 Å². The third-order valence-corrected chi connectivity index (χ3v) is 5.04. The van der Waals surface area contributed by atoms with Gasteiger partial charge in [-0.1, -0.05) is 24.3 Å². The Bertz CT molecular complexity index is 918. The molecule has 1 aromatic carbocycles. The number of carbonyl (C=O) groups excluding carboxylic acids is 2. The van der Waals surface area contributed by atoms with Gasteiger partial charge < -0.3 is 10.1 Å². The van der Waals surface area contributed by atoms with Crippen LogP contribution in [0.25, 0.3) is 11.6 Å². The fourth-order valence-electron chi connectivity index (χ4n) is 2.14. The van der Waals surface area contributed by atoms with Crippen LogP contribution in [-0.2, 0) is 14.3 Å². The van der Waals surface area contributed by atoms with E-state index in [0.717, 1.165) is 9.75 Å². The second-order valence-corrected chi connectivity index (χ2v) is 7.08. The van der Waals surface area contributed by atoms with Crippen molar-refractivity contribution in [1.29, 1.82) is 0 Å². The minimum Gasteiger partial charge on any atom is -0.452 e. The first-order chi connectivity index (χ1) is 12.6. The molecule has 0 aliphatic heterocycles. The van der Waals surface area contributed by atoms with Gasteiger partial charge in [0, 0.05) is 9.75 Å². The van der Waals surface area contributed by atoms with E-state index in [1.165, 1.54) is 40.9 Å². The van der Waals surface area contributed by atoms with Crippen molar-refractivity contribution in [3.05, 3.63) is 74.9 Å². The predicted octanol–water partition coefficient (Wildman–Crippen LogP) is 4.67. The lowest BCUT2D eigenvalue weighted by Crippen LogP contribution is -2.21. The van der Waals surface area contributed by atoms with E-state index in [0.29, 0.717) is 5.57 Å². The number of ether oxygens (including phenoxy) is 1. The molecule has 0 spiro atoms. The van der Waals surface area contributed by atoms with Crippen LogP contribution in [-0.4, -0.2) is 18.5 Å². The first kappa shape index (κ1) is 18.0. The molecular formula is C19H14FNO3S2. The molecule has 0 radical (unpaired) electrons. The largest absolute Gasteiger partial charge is 0.452 e. The highest BCUT2D eigenvalue weighted by molar-refractivity contribution is 7.12. The van der Waals surface area contributed by atoms with Gasteiger partial charge in [-0.15, -0.1) is 22.7 Å². The highest BCUT2D eigenvalue weighted by Crippen LogP contribution is 2.25. The number of hydrogen-bond acceptors (Lipinski definition) is 5. The summed E-state index contributed by atoms with van der Waals surface area (Å²) in [6.07, 6.45) is 1.73. The fraction of sp³-hybridized carbons (Fsp3) is 0.0526. The molecule has 0 aliphatic carbocycles. The number of anilines is 1. The maximum atomic E-state index is 13.5. The number of thiophene rings is 2. The molecule has 7 heteroatoms. The fourth-order valence-corrected chi connectivity index (χ4v) is 3.52. The Morgan fingerprint density at radius 1 is 1.04 bits per heavy atom. The molecule has 3 aromatic rings. The van der Waals surface area contributed by atoms with Crippen molar-refractivity contribution in [1.82, 2.24) is 0 Å². The van der Waals surface area contributed by atoms with Crippen LogP contribution in [0.15, 0.2) is 59.3 Å². The number of nitrogens with one attached hydrogen (secondary N) is 1. The van der Waals surface area contributed by atoms with E-state index in [-0.39, 0.29) is 5.69 Å². The minimum absolute atomic E-state index is 0.0427. The van der Waals surface area contributed by atoms with Gasteiger partial charge >= 0.3 is 5.97 Å². The number of benzene rings is 1. The van der Waals surface area contributed by atoms with Crippen molar-refractivity contribution in [2.45, 2.75) is 0 Å². The zero-order valence-corrected chi connectivity index (χ0v) is 15.1. The molecule has 3 rings (SSSR count). The van der Waals surface area contributed by atoms with Gasteiger partial charge in [0.2, 0.25) is 0 Å². The summed E-state index contributed by atoms with van der Waals surface area (Å²) in [7, 11) is 0. The van der Waals surface area contributed by atoms with E-state index in [1.54, 1.807) is 12.1 Å². The standard InChI is InChI=1S/C19H14FNO3S2/c20-15-6-1-2-7-16(15)21-18(22)12-24-19(23)14(17-8-4-10-26-17)11-13-5-3-9-25-13/h1-11H,12H2,(H,21,22). The minimum atomic E-state index is -0.607. The van der Waals surface area contributed by atoms with E-state index in [9.17, 15) is 14.0 Å². The number of esters is 1. The molecule has 2 heterocycles. The normalized spacial score (nSPS) is 11.2. The van der Waals surface area contributed by atoms with Gasteiger partial charge in [-0.3, -0.25) is 4.79 Å². The third kappa shape index (κ3) is 4.65. The predicted molar refractivity (Wildman–Crippen MR) is 102 cm³/mol. The lowest BCUT2D eigenvalue weighted by molar-refractivity contribution is -0.141. The Labute approximate surface area is 157 Å². The van der Waals surface area contributed by atoms with Gasteiger partial charge in [0.05, 0.1) is 11.3 Å². The van der Waals surface area contributed by atoms with E-state index in [4.69, 9.17) is 4.74 Å². The summed E-state index contributed by atoms with van der Waals surface area (Å²) in [5.74, 6) is -1.77. The first-order valence-electron chi connectivity index (χ1n) is 7.64. The second-order valence-electron chi connectivity index (χ2n) is 5.15. The van der Waals surface area contributed by atoms with Gasteiger partial charge in [-0.2, -0.15) is 0 Å². The smallest absolute Gasteiger partial charge is 0.340 e. The van der Waals surface area contributed by atoms with Crippen LogP contribution in [0.3, 0.4) is 0 Å². The van der Waals surface area contributed by atoms with Crippen LogP contribution in [0.5, 0.6) is 0 Å². The summed E-state index contributed by atoms with van der Waals surface area (Å²) in [5.41, 5.74) is 0.419. The summed E-state index contributed by atoms with van der Waals surface area (Å²) >= 11 is 2.90. The molecule has 26 heavy (non-hydrogen) atoms. The van der Waals surface area contributed by atoms with Crippen molar-refractivity contribution >= 4 is 51.9 Å².